The number of guanidine groups is 1. The molecule has 1 saturated heterocycles. The van der Waals surface area contributed by atoms with Crippen molar-refractivity contribution < 1.29 is 14.2 Å². The minimum absolute atomic E-state index is 0.206. The van der Waals surface area contributed by atoms with Crippen molar-refractivity contribution in [1.29, 1.82) is 0 Å². The molecule has 1 heterocycles. The summed E-state index contributed by atoms with van der Waals surface area (Å²) in [6.45, 7) is 13.5. The number of rotatable bonds is 11. The lowest BCUT2D eigenvalue weighted by atomic mass is 10.0. The summed E-state index contributed by atoms with van der Waals surface area (Å²) >= 11 is 0. The number of hydrogen-bond donors (Lipinski definition) is 2. The number of nitrogens with zero attached hydrogens (tertiary/aromatic N) is 2. The van der Waals surface area contributed by atoms with Crippen LogP contribution in [0.25, 0.3) is 0 Å². The van der Waals surface area contributed by atoms with E-state index in [0.717, 1.165) is 57.7 Å². The zero-order valence-corrected chi connectivity index (χ0v) is 18.4. The van der Waals surface area contributed by atoms with Gasteiger partial charge in [-0.05, 0) is 30.5 Å². The van der Waals surface area contributed by atoms with Gasteiger partial charge < -0.3 is 24.8 Å². The molecule has 7 heteroatoms. The quantitative estimate of drug-likeness (QED) is 0.334. The lowest BCUT2D eigenvalue weighted by Gasteiger charge is -2.34. The van der Waals surface area contributed by atoms with Gasteiger partial charge >= 0.3 is 0 Å². The Bertz CT molecular complexity index is 586. The largest absolute Gasteiger partial charge is 0.497 e. The summed E-state index contributed by atoms with van der Waals surface area (Å²) in [6.07, 6.45) is 0. The van der Waals surface area contributed by atoms with Crippen LogP contribution >= 0.6 is 0 Å². The summed E-state index contributed by atoms with van der Waals surface area (Å²) in [6, 6.07) is 8.50. The number of nitrogens with one attached hydrogen (secondary N) is 2. The van der Waals surface area contributed by atoms with Gasteiger partial charge in [-0.15, -0.1) is 0 Å². The van der Waals surface area contributed by atoms with Gasteiger partial charge in [0.25, 0.3) is 0 Å². The first-order chi connectivity index (χ1) is 14.1. The number of aliphatic imine (C=N–C) groups is 1. The standard InChI is InChI=1S/C22H38N4O3/c1-5-23-22(24-10-13-29-17-18(2)3)25-16-21(26-11-14-28-15-12-26)19-6-8-20(27-4)9-7-19/h6-9,18,21H,5,10-17H2,1-4H3,(H2,23,24,25). The minimum atomic E-state index is 0.206. The first kappa shape index (κ1) is 23.4. The molecule has 1 atom stereocenters. The fraction of sp³-hybridized carbons (Fsp3) is 0.682. The predicted octanol–water partition coefficient (Wildman–Crippen LogP) is 2.30. The molecule has 7 nitrogen and oxygen atoms in total. The molecule has 1 aliphatic rings. The maximum absolute atomic E-state index is 5.66. The Balaban J connectivity index is 2.01. The second-order valence-corrected chi connectivity index (χ2v) is 7.55. The van der Waals surface area contributed by atoms with Crippen LogP contribution in [-0.4, -0.2) is 77.1 Å². The third-order valence-electron chi connectivity index (χ3n) is 4.74. The molecule has 164 valence electrons. The Labute approximate surface area is 175 Å². The Morgan fingerprint density at radius 1 is 1.17 bits per heavy atom. The second-order valence-electron chi connectivity index (χ2n) is 7.55. The minimum Gasteiger partial charge on any atom is -0.497 e. The van der Waals surface area contributed by atoms with Crippen LogP contribution in [0.5, 0.6) is 5.75 Å². The zero-order valence-electron chi connectivity index (χ0n) is 18.4. The van der Waals surface area contributed by atoms with Crippen molar-refractivity contribution in [3.63, 3.8) is 0 Å². The van der Waals surface area contributed by atoms with Crippen molar-refractivity contribution in [2.75, 3.05) is 66.3 Å². The predicted molar refractivity (Wildman–Crippen MR) is 118 cm³/mol. The van der Waals surface area contributed by atoms with E-state index in [2.05, 4.69) is 48.4 Å². The van der Waals surface area contributed by atoms with Crippen molar-refractivity contribution in [3.8, 4) is 5.75 Å². The first-order valence-electron chi connectivity index (χ1n) is 10.7. The molecule has 2 rings (SSSR count). The van der Waals surface area contributed by atoms with Crippen molar-refractivity contribution in [1.82, 2.24) is 15.5 Å². The van der Waals surface area contributed by atoms with Gasteiger partial charge in [-0.25, -0.2) is 0 Å². The van der Waals surface area contributed by atoms with E-state index in [4.69, 9.17) is 19.2 Å². The van der Waals surface area contributed by atoms with Crippen molar-refractivity contribution in [3.05, 3.63) is 29.8 Å². The SMILES string of the molecule is CCNC(=NCC(c1ccc(OC)cc1)N1CCOCC1)NCCOCC(C)C. The summed E-state index contributed by atoms with van der Waals surface area (Å²) in [5.41, 5.74) is 1.24. The van der Waals surface area contributed by atoms with E-state index in [0.29, 0.717) is 19.1 Å². The van der Waals surface area contributed by atoms with Gasteiger partial charge in [0, 0.05) is 32.8 Å². The van der Waals surface area contributed by atoms with E-state index in [1.54, 1.807) is 7.11 Å². The molecule has 0 aliphatic carbocycles. The first-order valence-corrected chi connectivity index (χ1v) is 10.7. The molecule has 0 amide bonds. The molecule has 1 aromatic rings. The summed E-state index contributed by atoms with van der Waals surface area (Å²) in [4.78, 5) is 7.31. The molecule has 0 radical (unpaired) electrons. The fourth-order valence-corrected chi connectivity index (χ4v) is 3.23. The summed E-state index contributed by atoms with van der Waals surface area (Å²) in [5, 5.41) is 6.70. The molecular weight excluding hydrogens is 368 g/mol. The highest BCUT2D eigenvalue weighted by Gasteiger charge is 2.22. The number of morpholine rings is 1. The van der Waals surface area contributed by atoms with Crippen LogP contribution in [0.15, 0.2) is 29.3 Å². The van der Waals surface area contributed by atoms with Gasteiger partial charge in [0.1, 0.15) is 5.75 Å². The van der Waals surface area contributed by atoms with Crippen LogP contribution in [0, 0.1) is 5.92 Å². The molecule has 0 spiro atoms. The van der Waals surface area contributed by atoms with Crippen LogP contribution in [0.4, 0.5) is 0 Å². The number of hydrogen-bond acceptors (Lipinski definition) is 5. The van der Waals surface area contributed by atoms with E-state index in [1.165, 1.54) is 5.56 Å². The highest BCUT2D eigenvalue weighted by atomic mass is 16.5. The van der Waals surface area contributed by atoms with Crippen LogP contribution in [0.1, 0.15) is 32.4 Å². The lowest BCUT2D eigenvalue weighted by Crippen LogP contribution is -2.42. The molecule has 1 aliphatic heterocycles. The van der Waals surface area contributed by atoms with E-state index in [1.807, 2.05) is 12.1 Å². The van der Waals surface area contributed by atoms with E-state index < -0.39 is 0 Å². The molecule has 1 unspecified atom stereocenters. The third kappa shape index (κ3) is 8.60. The van der Waals surface area contributed by atoms with Gasteiger partial charge in [0.2, 0.25) is 0 Å². The molecule has 1 aromatic carbocycles. The van der Waals surface area contributed by atoms with Gasteiger partial charge in [-0.3, -0.25) is 9.89 Å². The summed E-state index contributed by atoms with van der Waals surface area (Å²) in [7, 11) is 1.69. The van der Waals surface area contributed by atoms with Crippen LogP contribution in [-0.2, 0) is 9.47 Å². The van der Waals surface area contributed by atoms with Crippen LogP contribution in [0.3, 0.4) is 0 Å². The van der Waals surface area contributed by atoms with Crippen molar-refractivity contribution in [2.24, 2.45) is 10.9 Å². The van der Waals surface area contributed by atoms with Gasteiger partial charge in [0.15, 0.2) is 5.96 Å². The average molecular weight is 407 g/mol. The maximum Gasteiger partial charge on any atom is 0.191 e. The highest BCUT2D eigenvalue weighted by Crippen LogP contribution is 2.24. The Morgan fingerprint density at radius 3 is 2.52 bits per heavy atom. The topological polar surface area (TPSA) is 67.4 Å². The molecule has 0 saturated carbocycles. The van der Waals surface area contributed by atoms with E-state index in [9.17, 15) is 0 Å². The van der Waals surface area contributed by atoms with Crippen molar-refractivity contribution >= 4 is 5.96 Å². The normalized spacial score (nSPS) is 16.7. The average Bonchev–Trinajstić information content (AvgIpc) is 2.74. The fourth-order valence-electron chi connectivity index (χ4n) is 3.23. The van der Waals surface area contributed by atoms with Crippen LogP contribution in [0.2, 0.25) is 0 Å². The Morgan fingerprint density at radius 2 is 1.90 bits per heavy atom. The smallest absolute Gasteiger partial charge is 0.191 e. The van der Waals surface area contributed by atoms with Gasteiger partial charge in [-0.1, -0.05) is 26.0 Å². The van der Waals surface area contributed by atoms with E-state index >= 15 is 0 Å². The number of benzene rings is 1. The molecule has 0 aromatic heterocycles. The van der Waals surface area contributed by atoms with Crippen molar-refractivity contribution in [2.45, 2.75) is 26.8 Å². The van der Waals surface area contributed by atoms with Gasteiger partial charge in [-0.2, -0.15) is 0 Å². The van der Waals surface area contributed by atoms with Gasteiger partial charge in [0.05, 0.1) is 39.5 Å². The Hall–Kier alpha value is -1.83. The molecule has 29 heavy (non-hydrogen) atoms. The summed E-state index contributed by atoms with van der Waals surface area (Å²) < 4.78 is 16.5. The molecule has 0 bridgehead atoms. The molecular formula is C22H38N4O3. The zero-order chi connectivity index (χ0) is 20.9. The molecule has 2 N–H and O–H groups in total. The third-order valence-corrected chi connectivity index (χ3v) is 4.74. The number of methoxy groups -OCH3 is 1. The molecule has 1 fully saturated rings. The Kier molecular flexibility index (Phi) is 10.8. The van der Waals surface area contributed by atoms with E-state index in [-0.39, 0.29) is 6.04 Å². The monoisotopic (exact) mass is 406 g/mol. The van der Waals surface area contributed by atoms with Crippen LogP contribution < -0.4 is 15.4 Å². The second kappa shape index (κ2) is 13.4. The lowest BCUT2D eigenvalue weighted by molar-refractivity contribution is 0.0179. The summed E-state index contributed by atoms with van der Waals surface area (Å²) in [5.74, 6) is 2.25. The number of ether oxygens (including phenoxy) is 3. The highest BCUT2D eigenvalue weighted by molar-refractivity contribution is 5.79. The maximum atomic E-state index is 5.66.